The molecule has 0 unspecified atom stereocenters. The van der Waals surface area contributed by atoms with Crippen molar-refractivity contribution in [1.29, 1.82) is 0 Å². The summed E-state index contributed by atoms with van der Waals surface area (Å²) in [6.45, 7) is 7.70. The van der Waals surface area contributed by atoms with Crippen molar-refractivity contribution in [3.8, 4) is 0 Å². The second-order valence-corrected chi connectivity index (χ2v) is 12.6. The van der Waals surface area contributed by atoms with Crippen LogP contribution in [0.1, 0.15) is 78.1 Å². The van der Waals surface area contributed by atoms with E-state index >= 15 is 0 Å². The van der Waals surface area contributed by atoms with Crippen LogP contribution in [0.25, 0.3) is 0 Å². The van der Waals surface area contributed by atoms with E-state index in [0.717, 1.165) is 70.6 Å². The van der Waals surface area contributed by atoms with E-state index < -0.39 is 16.6 Å². The third-order valence-electron chi connectivity index (χ3n) is 11.2. The van der Waals surface area contributed by atoms with Gasteiger partial charge in [0.2, 0.25) is 5.96 Å². The van der Waals surface area contributed by atoms with Gasteiger partial charge in [-0.15, -0.1) is 0 Å². The van der Waals surface area contributed by atoms with Crippen molar-refractivity contribution < 1.29 is 14.9 Å². The summed E-state index contributed by atoms with van der Waals surface area (Å²) in [5, 5.41) is 28.6. The summed E-state index contributed by atoms with van der Waals surface area (Å²) in [5.74, 6) is 2.13. The summed E-state index contributed by atoms with van der Waals surface area (Å²) in [6.07, 6.45) is 11.6. The van der Waals surface area contributed by atoms with Gasteiger partial charge in [0.25, 0.3) is 0 Å². The number of fused-ring (bicyclic) bond motifs is 5. The van der Waals surface area contributed by atoms with Gasteiger partial charge in [-0.2, -0.15) is 5.10 Å². The van der Waals surface area contributed by atoms with Crippen LogP contribution in [0.4, 0.5) is 0 Å². The number of hydrazone groups is 1. The molecule has 8 nitrogen and oxygen atoms in total. The lowest BCUT2D eigenvalue weighted by molar-refractivity contribution is -0.225. The molecular weight excluding hydrogens is 442 g/mol. The fourth-order valence-electron chi connectivity index (χ4n) is 8.78. The summed E-state index contributed by atoms with van der Waals surface area (Å²) in [5.41, 5.74) is 6.33. The Morgan fingerprint density at radius 1 is 1.14 bits per heavy atom. The van der Waals surface area contributed by atoms with Gasteiger partial charge < -0.3 is 25.6 Å². The molecule has 0 aromatic rings. The highest BCUT2D eigenvalue weighted by Gasteiger charge is 2.71. The molecule has 5 rings (SSSR count). The van der Waals surface area contributed by atoms with Crippen molar-refractivity contribution >= 4 is 12.2 Å². The van der Waals surface area contributed by atoms with Crippen LogP contribution in [-0.2, 0) is 4.74 Å². The quantitative estimate of drug-likeness (QED) is 0.259. The van der Waals surface area contributed by atoms with Gasteiger partial charge in [-0.3, -0.25) is 0 Å². The maximum atomic E-state index is 12.3. The SMILES string of the molecule is CN1CCN=C1N/N=C/[C@@]1(O)CC[C@]2(O)[C@@H]3CC[C@@H]4C[C@@H](OCCCN)CC[C@]4(C)[C@H]3CC[C@]12C. The van der Waals surface area contributed by atoms with Crippen molar-refractivity contribution in [3.63, 3.8) is 0 Å². The molecular formula is C27H47N5O3. The third kappa shape index (κ3) is 3.94. The van der Waals surface area contributed by atoms with E-state index in [1.54, 1.807) is 6.21 Å². The Labute approximate surface area is 210 Å². The zero-order chi connectivity index (χ0) is 24.9. The van der Waals surface area contributed by atoms with E-state index in [-0.39, 0.29) is 11.3 Å². The van der Waals surface area contributed by atoms with E-state index in [4.69, 9.17) is 10.5 Å². The molecule has 0 radical (unpaired) electrons. The highest BCUT2D eigenvalue weighted by atomic mass is 16.5. The Morgan fingerprint density at radius 2 is 1.97 bits per heavy atom. The zero-order valence-electron chi connectivity index (χ0n) is 22.0. The van der Waals surface area contributed by atoms with Crippen LogP contribution in [0.15, 0.2) is 10.1 Å². The minimum atomic E-state index is -1.12. The molecule has 8 atom stereocenters. The van der Waals surface area contributed by atoms with Crippen molar-refractivity contribution in [1.82, 2.24) is 10.3 Å². The molecule has 4 fully saturated rings. The topological polar surface area (TPSA) is 116 Å². The Balaban J connectivity index is 1.30. The molecule has 1 heterocycles. The number of nitrogens with zero attached hydrogens (tertiary/aromatic N) is 3. The van der Waals surface area contributed by atoms with Crippen LogP contribution in [0.3, 0.4) is 0 Å². The molecule has 0 bridgehead atoms. The van der Waals surface area contributed by atoms with Gasteiger partial charge in [-0.1, -0.05) is 13.8 Å². The molecule has 4 saturated carbocycles. The highest BCUT2D eigenvalue weighted by molar-refractivity contribution is 5.82. The van der Waals surface area contributed by atoms with Crippen LogP contribution in [-0.4, -0.2) is 77.9 Å². The number of hydrogen-bond donors (Lipinski definition) is 4. The Bertz CT molecular complexity index is 853. The van der Waals surface area contributed by atoms with Gasteiger partial charge >= 0.3 is 0 Å². The van der Waals surface area contributed by atoms with Crippen LogP contribution in [0.5, 0.6) is 0 Å². The Kier molecular flexibility index (Phi) is 6.73. The number of nitrogens with two attached hydrogens (primary N) is 1. The van der Waals surface area contributed by atoms with E-state index in [1.807, 2.05) is 11.9 Å². The number of aliphatic imine (C=N–C) groups is 1. The number of nitrogens with one attached hydrogen (secondary N) is 1. The van der Waals surface area contributed by atoms with Gasteiger partial charge in [0.05, 0.1) is 24.5 Å². The zero-order valence-corrected chi connectivity index (χ0v) is 22.0. The number of ether oxygens (including phenoxy) is 1. The molecule has 5 aliphatic rings. The fourth-order valence-corrected chi connectivity index (χ4v) is 8.78. The second-order valence-electron chi connectivity index (χ2n) is 12.6. The van der Waals surface area contributed by atoms with Crippen LogP contribution >= 0.6 is 0 Å². The molecule has 1 aliphatic heterocycles. The van der Waals surface area contributed by atoms with Crippen molar-refractivity contribution in [2.45, 2.75) is 95.4 Å². The predicted octanol–water partition coefficient (Wildman–Crippen LogP) is 2.49. The minimum Gasteiger partial charge on any atom is -0.389 e. The van der Waals surface area contributed by atoms with Gasteiger partial charge in [-0.25, -0.2) is 10.4 Å². The maximum Gasteiger partial charge on any atom is 0.214 e. The van der Waals surface area contributed by atoms with Crippen molar-refractivity contribution in [2.75, 3.05) is 33.3 Å². The molecule has 0 aromatic carbocycles. The Hall–Kier alpha value is -1.22. The summed E-state index contributed by atoms with van der Waals surface area (Å²) >= 11 is 0. The molecule has 8 heteroatoms. The molecule has 198 valence electrons. The first kappa shape index (κ1) is 25.4. The van der Waals surface area contributed by atoms with E-state index in [2.05, 4.69) is 29.4 Å². The number of guanidine groups is 1. The molecule has 0 saturated heterocycles. The predicted molar refractivity (Wildman–Crippen MR) is 138 cm³/mol. The lowest BCUT2D eigenvalue weighted by atomic mass is 9.43. The van der Waals surface area contributed by atoms with Gasteiger partial charge in [0, 0.05) is 25.6 Å². The third-order valence-corrected chi connectivity index (χ3v) is 11.2. The molecule has 5 N–H and O–H groups in total. The second kappa shape index (κ2) is 9.26. The monoisotopic (exact) mass is 489 g/mol. The molecule has 35 heavy (non-hydrogen) atoms. The first-order chi connectivity index (χ1) is 16.7. The summed E-state index contributed by atoms with van der Waals surface area (Å²) < 4.78 is 6.17. The Morgan fingerprint density at radius 3 is 2.71 bits per heavy atom. The lowest BCUT2D eigenvalue weighted by Crippen LogP contribution is -2.65. The number of likely N-dealkylation sites (N-methyl/N-ethyl adjacent to an activating group) is 1. The standard InChI is InChI=1S/C27H47N5O3/c1-24-9-7-20(35-16-4-13-28)17-19(24)5-6-22-21(24)8-10-25(2)26(33,11-12-27(22,25)34)18-30-31-23-29-14-15-32(23)3/h18-22,33-34H,4-17,28H2,1-3H3,(H,29,31)/b30-18+/t19-,20+,21+,22-,24+,25-,26+,27+/m1/s1. The molecule has 0 aromatic heterocycles. The summed E-state index contributed by atoms with van der Waals surface area (Å²) in [4.78, 5) is 6.44. The van der Waals surface area contributed by atoms with Crippen molar-refractivity contribution in [2.24, 2.45) is 44.4 Å². The summed E-state index contributed by atoms with van der Waals surface area (Å²) in [7, 11) is 1.98. The van der Waals surface area contributed by atoms with E-state index in [9.17, 15) is 10.2 Å². The maximum absolute atomic E-state index is 12.3. The molecule has 0 amide bonds. The normalized spacial score (nSPS) is 47.4. The molecule has 4 aliphatic carbocycles. The minimum absolute atomic E-state index is 0.234. The average Bonchev–Trinajstić information content (AvgIpc) is 3.33. The van der Waals surface area contributed by atoms with Crippen molar-refractivity contribution in [3.05, 3.63) is 0 Å². The number of aliphatic hydroxyl groups is 2. The highest BCUT2D eigenvalue weighted by Crippen LogP contribution is 2.69. The first-order valence-electron chi connectivity index (χ1n) is 14.0. The van der Waals surface area contributed by atoms with E-state index in [1.165, 1.54) is 6.42 Å². The summed E-state index contributed by atoms with van der Waals surface area (Å²) in [6, 6.07) is 0. The van der Waals surface area contributed by atoms with E-state index in [0.29, 0.717) is 37.3 Å². The van der Waals surface area contributed by atoms with Gasteiger partial charge in [0.15, 0.2) is 0 Å². The molecule has 0 spiro atoms. The van der Waals surface area contributed by atoms with Gasteiger partial charge in [-0.05, 0) is 93.9 Å². The number of rotatable bonds is 6. The first-order valence-corrected chi connectivity index (χ1v) is 14.0. The van der Waals surface area contributed by atoms with Gasteiger partial charge in [0.1, 0.15) is 5.60 Å². The smallest absolute Gasteiger partial charge is 0.214 e. The fraction of sp³-hybridized carbons (Fsp3) is 0.926. The van der Waals surface area contributed by atoms with Crippen LogP contribution < -0.4 is 11.2 Å². The largest absolute Gasteiger partial charge is 0.389 e. The average molecular weight is 490 g/mol. The lowest BCUT2D eigenvalue weighted by Gasteiger charge is -2.64. The van der Waals surface area contributed by atoms with Crippen LogP contribution in [0.2, 0.25) is 0 Å². The van der Waals surface area contributed by atoms with Crippen LogP contribution in [0, 0.1) is 28.6 Å². The number of hydrogen-bond acceptors (Lipinski definition) is 8.